The Hall–Kier alpha value is -3.65. The van der Waals surface area contributed by atoms with Crippen LogP contribution in [0.1, 0.15) is 42.0 Å². The first-order chi connectivity index (χ1) is 18.6. The SMILES string of the molecule is CCCCNC(=O)[C@@H](Cc1ccccc1)N(Cc1ccccc1)C(=O)CN(c1cccc(C)c1C)S(C)(=O)=O. The summed E-state index contributed by atoms with van der Waals surface area (Å²) >= 11 is 0. The molecule has 3 rings (SSSR count). The summed E-state index contributed by atoms with van der Waals surface area (Å²) < 4.78 is 27.1. The minimum Gasteiger partial charge on any atom is -0.354 e. The van der Waals surface area contributed by atoms with Crippen molar-refractivity contribution in [2.24, 2.45) is 0 Å². The number of nitrogens with one attached hydrogen (secondary N) is 1. The van der Waals surface area contributed by atoms with E-state index >= 15 is 0 Å². The molecule has 0 bridgehead atoms. The van der Waals surface area contributed by atoms with Gasteiger partial charge in [-0.2, -0.15) is 0 Å². The Labute approximate surface area is 232 Å². The lowest BCUT2D eigenvalue weighted by molar-refractivity contribution is -0.140. The molecule has 8 heteroatoms. The first kappa shape index (κ1) is 29.9. The van der Waals surface area contributed by atoms with Gasteiger partial charge in [-0.15, -0.1) is 0 Å². The van der Waals surface area contributed by atoms with Gasteiger partial charge in [-0.1, -0.05) is 86.1 Å². The van der Waals surface area contributed by atoms with Crippen LogP contribution in [-0.2, 0) is 32.6 Å². The number of aryl methyl sites for hydroxylation is 1. The van der Waals surface area contributed by atoms with Crippen molar-refractivity contribution in [2.45, 2.75) is 52.6 Å². The number of sulfonamides is 1. The summed E-state index contributed by atoms with van der Waals surface area (Å²) in [6, 6.07) is 23.6. The van der Waals surface area contributed by atoms with Crippen LogP contribution in [-0.4, -0.2) is 50.5 Å². The lowest BCUT2D eigenvalue weighted by Crippen LogP contribution is -2.53. The van der Waals surface area contributed by atoms with Crippen molar-refractivity contribution < 1.29 is 18.0 Å². The minimum atomic E-state index is -3.80. The molecule has 0 aliphatic heterocycles. The maximum atomic E-state index is 14.1. The minimum absolute atomic E-state index is 0.169. The molecule has 0 aliphatic carbocycles. The van der Waals surface area contributed by atoms with Gasteiger partial charge in [0.1, 0.15) is 12.6 Å². The maximum Gasteiger partial charge on any atom is 0.244 e. The second-order valence-corrected chi connectivity index (χ2v) is 11.8. The van der Waals surface area contributed by atoms with Crippen LogP contribution in [0.2, 0.25) is 0 Å². The van der Waals surface area contributed by atoms with E-state index in [1.165, 1.54) is 4.90 Å². The van der Waals surface area contributed by atoms with Gasteiger partial charge in [-0.25, -0.2) is 8.42 Å². The predicted molar refractivity (Wildman–Crippen MR) is 157 cm³/mol. The molecule has 0 spiro atoms. The van der Waals surface area contributed by atoms with E-state index in [9.17, 15) is 18.0 Å². The number of rotatable bonds is 13. The van der Waals surface area contributed by atoms with Crippen molar-refractivity contribution in [2.75, 3.05) is 23.7 Å². The molecular formula is C31H39N3O4S. The zero-order chi connectivity index (χ0) is 28.4. The number of benzene rings is 3. The van der Waals surface area contributed by atoms with Crippen molar-refractivity contribution in [3.8, 4) is 0 Å². The highest BCUT2D eigenvalue weighted by Gasteiger charge is 2.33. The molecule has 1 N–H and O–H groups in total. The van der Waals surface area contributed by atoms with Crippen molar-refractivity contribution in [1.82, 2.24) is 10.2 Å². The molecule has 7 nitrogen and oxygen atoms in total. The molecule has 0 aromatic heterocycles. The molecule has 0 fully saturated rings. The van der Waals surface area contributed by atoms with Crippen LogP contribution < -0.4 is 9.62 Å². The van der Waals surface area contributed by atoms with Crippen molar-refractivity contribution in [3.63, 3.8) is 0 Å². The number of anilines is 1. The third-order valence-corrected chi connectivity index (χ3v) is 7.95. The first-order valence-electron chi connectivity index (χ1n) is 13.3. The monoisotopic (exact) mass is 549 g/mol. The highest BCUT2D eigenvalue weighted by Crippen LogP contribution is 2.26. The zero-order valence-corrected chi connectivity index (χ0v) is 24.1. The smallest absolute Gasteiger partial charge is 0.244 e. The fourth-order valence-electron chi connectivity index (χ4n) is 4.44. The zero-order valence-electron chi connectivity index (χ0n) is 23.3. The van der Waals surface area contributed by atoms with Crippen molar-refractivity contribution >= 4 is 27.5 Å². The van der Waals surface area contributed by atoms with Crippen LogP contribution in [0.25, 0.3) is 0 Å². The molecule has 0 saturated carbocycles. The fourth-order valence-corrected chi connectivity index (χ4v) is 5.34. The standard InChI is InChI=1S/C31H39N3O4S/c1-5-6-20-32-31(36)29(21-26-15-9-7-10-16-26)33(22-27-17-11-8-12-18-27)30(35)23-34(39(4,37)38)28-19-13-14-24(2)25(28)3/h7-19,29H,5-6,20-23H2,1-4H3,(H,32,36)/t29-/m1/s1. The molecule has 0 aliphatic rings. The topological polar surface area (TPSA) is 86.8 Å². The van der Waals surface area contributed by atoms with Gasteiger partial charge in [0.05, 0.1) is 11.9 Å². The summed E-state index contributed by atoms with van der Waals surface area (Å²) in [6.07, 6.45) is 3.16. The second kappa shape index (κ2) is 13.9. The molecule has 39 heavy (non-hydrogen) atoms. The van der Waals surface area contributed by atoms with E-state index in [4.69, 9.17) is 0 Å². The summed E-state index contributed by atoms with van der Waals surface area (Å²) in [5.74, 6) is -0.703. The Balaban J connectivity index is 2.04. The molecule has 0 unspecified atom stereocenters. The summed E-state index contributed by atoms with van der Waals surface area (Å²) in [4.78, 5) is 29.2. The average Bonchev–Trinajstić information content (AvgIpc) is 2.91. The quantitative estimate of drug-likeness (QED) is 0.315. The maximum absolute atomic E-state index is 14.1. The molecule has 0 saturated heterocycles. The van der Waals surface area contributed by atoms with Gasteiger partial charge in [0.15, 0.2) is 0 Å². The Morgan fingerprint density at radius 3 is 2.08 bits per heavy atom. The van der Waals surface area contributed by atoms with Gasteiger partial charge in [-0.05, 0) is 48.6 Å². The number of unbranched alkanes of at least 4 members (excludes halogenated alkanes) is 1. The van der Waals surface area contributed by atoms with E-state index in [2.05, 4.69) is 5.32 Å². The number of nitrogens with zero attached hydrogens (tertiary/aromatic N) is 2. The summed E-state index contributed by atoms with van der Waals surface area (Å²) in [5, 5.41) is 2.99. The molecule has 1 atom stereocenters. The van der Waals surface area contributed by atoms with E-state index in [1.807, 2.05) is 87.5 Å². The van der Waals surface area contributed by atoms with E-state index in [0.29, 0.717) is 18.7 Å². The molecular weight excluding hydrogens is 510 g/mol. The first-order valence-corrected chi connectivity index (χ1v) is 15.2. The predicted octanol–water partition coefficient (Wildman–Crippen LogP) is 4.63. The van der Waals surface area contributed by atoms with Crippen LogP contribution in [0.3, 0.4) is 0 Å². The normalized spacial score (nSPS) is 12.0. The van der Waals surface area contributed by atoms with Gasteiger partial charge < -0.3 is 10.2 Å². The van der Waals surface area contributed by atoms with Crippen LogP contribution in [0.5, 0.6) is 0 Å². The lowest BCUT2D eigenvalue weighted by atomic mass is 10.0. The number of carbonyl (C=O) groups is 2. The third-order valence-electron chi connectivity index (χ3n) is 6.82. The molecule has 0 heterocycles. The van der Waals surface area contributed by atoms with Crippen LogP contribution in [0.4, 0.5) is 5.69 Å². The molecule has 3 aromatic carbocycles. The van der Waals surface area contributed by atoms with Crippen molar-refractivity contribution in [1.29, 1.82) is 0 Å². The van der Waals surface area contributed by atoms with E-state index in [-0.39, 0.29) is 12.5 Å². The second-order valence-electron chi connectivity index (χ2n) is 9.85. The number of hydrogen-bond donors (Lipinski definition) is 1. The Kier molecular flexibility index (Phi) is 10.7. The average molecular weight is 550 g/mol. The highest BCUT2D eigenvalue weighted by molar-refractivity contribution is 7.92. The summed E-state index contributed by atoms with van der Waals surface area (Å²) in [6.45, 7) is 6.05. The van der Waals surface area contributed by atoms with E-state index in [1.54, 1.807) is 12.1 Å². The van der Waals surface area contributed by atoms with Crippen LogP contribution >= 0.6 is 0 Å². The largest absolute Gasteiger partial charge is 0.354 e. The summed E-state index contributed by atoms with van der Waals surface area (Å²) in [7, 11) is -3.80. The van der Waals surface area contributed by atoms with E-state index < -0.39 is 28.5 Å². The molecule has 3 aromatic rings. The van der Waals surface area contributed by atoms with Gasteiger partial charge in [-0.3, -0.25) is 13.9 Å². The number of amides is 2. The molecule has 2 amide bonds. The third kappa shape index (κ3) is 8.42. The van der Waals surface area contributed by atoms with Crippen LogP contribution in [0, 0.1) is 13.8 Å². The van der Waals surface area contributed by atoms with Gasteiger partial charge in [0.2, 0.25) is 21.8 Å². The molecule has 208 valence electrons. The number of carbonyl (C=O) groups excluding carboxylic acids is 2. The van der Waals surface area contributed by atoms with Gasteiger partial charge in [0.25, 0.3) is 0 Å². The Morgan fingerprint density at radius 1 is 0.872 bits per heavy atom. The fraction of sp³-hybridized carbons (Fsp3) is 0.355. The number of hydrogen-bond acceptors (Lipinski definition) is 4. The van der Waals surface area contributed by atoms with Crippen molar-refractivity contribution in [3.05, 3.63) is 101 Å². The summed E-state index contributed by atoms with van der Waals surface area (Å²) in [5.41, 5.74) is 3.92. The Morgan fingerprint density at radius 2 is 1.49 bits per heavy atom. The highest BCUT2D eigenvalue weighted by atomic mass is 32.2. The lowest BCUT2D eigenvalue weighted by Gasteiger charge is -2.34. The Bertz CT molecular complexity index is 1340. The van der Waals surface area contributed by atoms with Crippen LogP contribution in [0.15, 0.2) is 78.9 Å². The molecule has 0 radical (unpaired) electrons. The van der Waals surface area contributed by atoms with E-state index in [0.717, 1.165) is 45.7 Å². The van der Waals surface area contributed by atoms with Gasteiger partial charge >= 0.3 is 0 Å². The van der Waals surface area contributed by atoms with Gasteiger partial charge in [0, 0.05) is 19.5 Å².